The molecule has 326 valence electrons. The third-order valence-corrected chi connectivity index (χ3v) is 5.02. The highest BCUT2D eigenvalue weighted by molar-refractivity contribution is 5.80. The van der Waals surface area contributed by atoms with Crippen molar-refractivity contribution in [1.82, 2.24) is 0 Å². The molecule has 0 aromatic rings. The Morgan fingerprint density at radius 2 is 0.607 bits per heavy atom. The standard InChI is InChI=1S/C6H10O2.2C5H12O4.6C3H4O2/c7-6-4-2-1-3-5-8-6;2*6-1-5(2-7,3-8)4-9;6*1-2-3(4)5/h1-5H2;2*6-9H,1-4H2;6*2H,1H2,(H,4,5). The van der Waals surface area contributed by atoms with Gasteiger partial charge in [0.2, 0.25) is 0 Å². The van der Waals surface area contributed by atoms with Gasteiger partial charge in [0, 0.05) is 42.9 Å². The number of carbonyl (C=O) groups is 7. The highest BCUT2D eigenvalue weighted by atomic mass is 16.5. The molecule has 0 atom stereocenters. The van der Waals surface area contributed by atoms with E-state index in [9.17, 15) is 33.6 Å². The van der Waals surface area contributed by atoms with Gasteiger partial charge in [0.1, 0.15) is 0 Å². The SMILES string of the molecule is C=CC(=O)O.C=CC(=O)O.C=CC(=O)O.C=CC(=O)O.C=CC(=O)O.C=CC(=O)O.O=C1CCCCCO1.OCC(CO)(CO)CO.OCC(CO)(CO)CO. The van der Waals surface area contributed by atoms with Gasteiger partial charge < -0.3 is 76.2 Å². The molecule has 0 unspecified atom stereocenters. The van der Waals surface area contributed by atoms with Crippen LogP contribution >= 0.6 is 0 Å². The summed E-state index contributed by atoms with van der Waals surface area (Å²) < 4.78 is 4.76. The second-order valence-electron chi connectivity index (χ2n) is 9.55. The van der Waals surface area contributed by atoms with Gasteiger partial charge >= 0.3 is 41.8 Å². The average Bonchev–Trinajstić information content (AvgIpc) is 3.46. The Morgan fingerprint density at radius 1 is 0.429 bits per heavy atom. The van der Waals surface area contributed by atoms with Crippen molar-refractivity contribution in [2.45, 2.75) is 25.7 Å². The summed E-state index contributed by atoms with van der Waals surface area (Å²) in [4.78, 5) is 66.0. The van der Waals surface area contributed by atoms with Crippen molar-refractivity contribution in [3.05, 3.63) is 75.9 Å². The molecule has 1 heterocycles. The quantitative estimate of drug-likeness (QED) is 0.0702. The summed E-state index contributed by atoms with van der Waals surface area (Å²) in [5.74, 6) is -5.91. The maximum absolute atomic E-state index is 10.5. The molecule has 1 saturated heterocycles. The molecule has 1 fully saturated rings. The van der Waals surface area contributed by atoms with Crippen LogP contribution in [-0.2, 0) is 38.3 Å². The van der Waals surface area contributed by atoms with Crippen molar-refractivity contribution < 1.29 is 110 Å². The van der Waals surface area contributed by atoms with E-state index in [1.165, 1.54) is 0 Å². The second kappa shape index (κ2) is 51.5. The molecular weight excluding hydrogens is 760 g/mol. The molecule has 22 heteroatoms. The largest absolute Gasteiger partial charge is 0.478 e. The average molecular weight is 819 g/mol. The van der Waals surface area contributed by atoms with Crippen molar-refractivity contribution in [2.24, 2.45) is 10.8 Å². The summed E-state index contributed by atoms with van der Waals surface area (Å²) in [5, 5.41) is 114. The van der Waals surface area contributed by atoms with E-state index >= 15 is 0 Å². The van der Waals surface area contributed by atoms with Gasteiger partial charge in [-0.25, -0.2) is 28.8 Å². The molecule has 0 amide bonds. The number of hydrogen-bond donors (Lipinski definition) is 14. The summed E-state index contributed by atoms with van der Waals surface area (Å²) in [5.41, 5.74) is -2.22. The molecule has 0 aromatic heterocycles. The first kappa shape index (κ1) is 68.4. The number of aliphatic hydroxyl groups excluding tert-OH is 8. The second-order valence-corrected chi connectivity index (χ2v) is 9.55. The zero-order valence-corrected chi connectivity index (χ0v) is 30.9. The molecule has 22 nitrogen and oxygen atoms in total. The number of aliphatic carboxylic acids is 6. The molecule has 56 heavy (non-hydrogen) atoms. The Morgan fingerprint density at radius 3 is 0.732 bits per heavy atom. The monoisotopic (exact) mass is 818 g/mol. The number of carboxylic acid groups (broad SMARTS) is 6. The lowest BCUT2D eigenvalue weighted by atomic mass is 9.93. The zero-order valence-electron chi connectivity index (χ0n) is 30.9. The fraction of sp³-hybridized carbons (Fsp3) is 0.441. The van der Waals surface area contributed by atoms with Gasteiger partial charge in [-0.05, 0) is 19.3 Å². The Kier molecular flexibility index (Phi) is 62.9. The van der Waals surface area contributed by atoms with E-state index in [0.29, 0.717) is 13.0 Å². The van der Waals surface area contributed by atoms with Crippen LogP contribution in [0.15, 0.2) is 75.9 Å². The topological polar surface area (TPSA) is 412 Å². The molecule has 1 aliphatic rings. The molecule has 0 saturated carbocycles. The Hall–Kier alpha value is -5.59. The first-order chi connectivity index (χ1) is 26.0. The Bertz CT molecular complexity index is 903. The molecular formula is C34H58O22. The minimum Gasteiger partial charge on any atom is -0.478 e. The van der Waals surface area contributed by atoms with Gasteiger partial charge in [0.25, 0.3) is 0 Å². The number of rotatable bonds is 14. The van der Waals surface area contributed by atoms with E-state index < -0.39 is 99.5 Å². The summed E-state index contributed by atoms with van der Waals surface area (Å²) in [6.07, 6.45) is 8.83. The summed E-state index contributed by atoms with van der Waals surface area (Å²) in [6, 6.07) is 0. The normalized spacial score (nSPS) is 10.4. The highest BCUT2D eigenvalue weighted by Crippen LogP contribution is 2.12. The molecule has 0 spiro atoms. The fourth-order valence-electron chi connectivity index (χ4n) is 1.41. The minimum absolute atomic E-state index is 0.0255. The predicted octanol–water partition coefficient (Wildman–Crippen LogP) is -1.47. The van der Waals surface area contributed by atoms with Crippen molar-refractivity contribution in [3.63, 3.8) is 0 Å². The van der Waals surface area contributed by atoms with E-state index in [-0.39, 0.29) is 5.97 Å². The molecule has 1 aliphatic heterocycles. The van der Waals surface area contributed by atoms with Crippen LogP contribution in [0.25, 0.3) is 0 Å². The van der Waals surface area contributed by atoms with Gasteiger partial charge in [0.15, 0.2) is 0 Å². The zero-order chi connectivity index (χ0) is 46.2. The lowest BCUT2D eigenvalue weighted by Gasteiger charge is -2.23. The van der Waals surface area contributed by atoms with Crippen molar-refractivity contribution in [2.75, 3.05) is 59.5 Å². The van der Waals surface area contributed by atoms with E-state index in [1.54, 1.807) is 0 Å². The molecule has 14 N–H and O–H groups in total. The summed E-state index contributed by atoms with van der Waals surface area (Å²) in [7, 11) is 0. The molecule has 0 aliphatic carbocycles. The third kappa shape index (κ3) is 70.1. The van der Waals surface area contributed by atoms with Gasteiger partial charge in [-0.2, -0.15) is 0 Å². The van der Waals surface area contributed by atoms with E-state index in [4.69, 9.17) is 76.2 Å². The van der Waals surface area contributed by atoms with Crippen LogP contribution in [0.2, 0.25) is 0 Å². The minimum atomic E-state index is -1.11. The number of ether oxygens (including phenoxy) is 1. The molecule has 0 bridgehead atoms. The molecule has 1 rings (SSSR count). The van der Waals surface area contributed by atoms with E-state index in [0.717, 1.165) is 55.7 Å². The summed E-state index contributed by atoms with van der Waals surface area (Å²) >= 11 is 0. The van der Waals surface area contributed by atoms with Gasteiger partial charge in [-0.15, -0.1) is 0 Å². The van der Waals surface area contributed by atoms with Crippen LogP contribution in [0.1, 0.15) is 25.7 Å². The van der Waals surface area contributed by atoms with Crippen LogP contribution in [0, 0.1) is 10.8 Å². The van der Waals surface area contributed by atoms with Gasteiger partial charge in [-0.3, -0.25) is 4.79 Å². The van der Waals surface area contributed by atoms with Crippen LogP contribution in [0.4, 0.5) is 0 Å². The van der Waals surface area contributed by atoms with Crippen molar-refractivity contribution >= 4 is 41.8 Å². The van der Waals surface area contributed by atoms with Crippen LogP contribution in [0.3, 0.4) is 0 Å². The fourth-order valence-corrected chi connectivity index (χ4v) is 1.41. The number of esters is 1. The van der Waals surface area contributed by atoms with E-state index in [2.05, 4.69) is 39.5 Å². The molecule has 0 radical (unpaired) electrons. The number of cyclic esters (lactones) is 1. The van der Waals surface area contributed by atoms with E-state index in [1.807, 2.05) is 0 Å². The first-order valence-corrected chi connectivity index (χ1v) is 15.2. The highest BCUT2D eigenvalue weighted by Gasteiger charge is 2.27. The van der Waals surface area contributed by atoms with Crippen LogP contribution < -0.4 is 0 Å². The number of carboxylic acids is 6. The lowest BCUT2D eigenvalue weighted by Crippen LogP contribution is -2.37. The number of aliphatic hydroxyl groups is 8. The van der Waals surface area contributed by atoms with Gasteiger partial charge in [-0.1, -0.05) is 39.5 Å². The summed E-state index contributed by atoms with van der Waals surface area (Å²) in [6.45, 7) is 15.2. The smallest absolute Gasteiger partial charge is 0.327 e. The number of hydrogen-bond acceptors (Lipinski definition) is 16. The Balaban J connectivity index is -0.0000000782. The van der Waals surface area contributed by atoms with Crippen LogP contribution in [-0.4, -0.2) is 173 Å². The maximum Gasteiger partial charge on any atom is 0.327 e. The van der Waals surface area contributed by atoms with Gasteiger partial charge in [0.05, 0.1) is 70.3 Å². The lowest BCUT2D eigenvalue weighted by molar-refractivity contribution is -0.143. The Labute approximate surface area is 323 Å². The predicted molar refractivity (Wildman–Crippen MR) is 198 cm³/mol. The number of carbonyl (C=O) groups excluding carboxylic acids is 1. The molecule has 0 aromatic carbocycles. The van der Waals surface area contributed by atoms with Crippen molar-refractivity contribution in [1.29, 1.82) is 0 Å². The maximum atomic E-state index is 10.5. The first-order valence-electron chi connectivity index (χ1n) is 15.2. The van der Waals surface area contributed by atoms with Crippen LogP contribution in [0.5, 0.6) is 0 Å². The van der Waals surface area contributed by atoms with Crippen molar-refractivity contribution in [3.8, 4) is 0 Å². The third-order valence-electron chi connectivity index (χ3n) is 5.02.